The van der Waals surface area contributed by atoms with E-state index in [-0.39, 0.29) is 0 Å². The van der Waals surface area contributed by atoms with Gasteiger partial charge in [0.1, 0.15) is 0 Å². The van der Waals surface area contributed by atoms with Crippen LogP contribution in [0.15, 0.2) is 18.2 Å². The molecule has 0 radical (unpaired) electrons. The Kier molecular flexibility index (Phi) is 7.88. The lowest BCUT2D eigenvalue weighted by molar-refractivity contribution is 0.108. The molecule has 0 bridgehead atoms. The average Bonchev–Trinajstić information content (AvgIpc) is 2.39. The molecule has 3 nitrogen and oxygen atoms in total. The van der Waals surface area contributed by atoms with E-state index in [1.54, 1.807) is 0 Å². The van der Waals surface area contributed by atoms with Crippen LogP contribution in [0, 0.1) is 12.8 Å². The zero-order valence-electron chi connectivity index (χ0n) is 12.3. The number of halogens is 1. The summed E-state index contributed by atoms with van der Waals surface area (Å²) in [6.45, 7) is 8.61. The summed E-state index contributed by atoms with van der Waals surface area (Å²) in [7, 11) is 0. The third kappa shape index (κ3) is 6.55. The second-order valence-corrected chi connectivity index (χ2v) is 5.93. The summed E-state index contributed by atoms with van der Waals surface area (Å²) in [4.78, 5) is 0. The third-order valence-corrected chi connectivity index (χ3v) is 3.37. The quantitative estimate of drug-likeness (QED) is 0.589. The number of ether oxygens (including phenoxy) is 1. The van der Waals surface area contributed by atoms with Crippen molar-refractivity contribution in [2.75, 3.05) is 25.1 Å². The second kappa shape index (κ2) is 9.16. The molecule has 0 fully saturated rings. The predicted molar refractivity (Wildman–Crippen MR) is 90.7 cm³/mol. The molecule has 20 heavy (non-hydrogen) atoms. The lowest BCUT2D eigenvalue weighted by Gasteiger charge is -2.13. The molecule has 0 aromatic heterocycles. The highest BCUT2D eigenvalue weighted by Crippen LogP contribution is 2.22. The van der Waals surface area contributed by atoms with E-state index in [1.807, 2.05) is 25.1 Å². The molecule has 1 rings (SSSR count). The molecule has 0 aliphatic carbocycles. The maximum Gasteiger partial charge on any atom is 0.170 e. The minimum Gasteiger partial charge on any atom is -0.381 e. The molecular formula is C15H23ClN2OS. The first kappa shape index (κ1) is 17.2. The standard InChI is InChI=1S/C15H23ClN2OS/c1-11(2)10-19-9-5-8-17-15(20)18-14-7-4-6-13(16)12(14)3/h4,6-7,11H,5,8-10H2,1-3H3,(H2,17,18,20). The maximum absolute atomic E-state index is 6.06. The zero-order valence-corrected chi connectivity index (χ0v) is 13.9. The van der Waals surface area contributed by atoms with Gasteiger partial charge in [-0.15, -0.1) is 0 Å². The van der Waals surface area contributed by atoms with Crippen LogP contribution < -0.4 is 10.6 Å². The highest BCUT2D eigenvalue weighted by atomic mass is 35.5. The normalized spacial score (nSPS) is 10.7. The van der Waals surface area contributed by atoms with Gasteiger partial charge in [0.2, 0.25) is 0 Å². The summed E-state index contributed by atoms with van der Waals surface area (Å²) in [6, 6.07) is 5.73. The van der Waals surface area contributed by atoms with Gasteiger partial charge in [-0.1, -0.05) is 31.5 Å². The molecule has 2 N–H and O–H groups in total. The largest absolute Gasteiger partial charge is 0.381 e. The smallest absolute Gasteiger partial charge is 0.170 e. The minimum absolute atomic E-state index is 0.580. The molecule has 0 amide bonds. The van der Waals surface area contributed by atoms with Gasteiger partial charge in [-0.2, -0.15) is 0 Å². The molecule has 112 valence electrons. The van der Waals surface area contributed by atoms with Crippen LogP contribution in [0.4, 0.5) is 5.69 Å². The fraction of sp³-hybridized carbons (Fsp3) is 0.533. The first-order valence-electron chi connectivity index (χ1n) is 6.88. The van der Waals surface area contributed by atoms with Crippen LogP contribution in [0.1, 0.15) is 25.8 Å². The van der Waals surface area contributed by atoms with Crippen molar-refractivity contribution in [2.24, 2.45) is 5.92 Å². The van der Waals surface area contributed by atoms with E-state index in [1.165, 1.54) is 0 Å². The van der Waals surface area contributed by atoms with Gasteiger partial charge in [-0.3, -0.25) is 0 Å². The van der Waals surface area contributed by atoms with Gasteiger partial charge in [0.15, 0.2) is 5.11 Å². The number of rotatable bonds is 7. The summed E-state index contributed by atoms with van der Waals surface area (Å²) in [5.41, 5.74) is 1.93. The highest BCUT2D eigenvalue weighted by Gasteiger charge is 2.03. The monoisotopic (exact) mass is 314 g/mol. The van der Waals surface area contributed by atoms with Gasteiger partial charge in [-0.05, 0) is 49.2 Å². The Morgan fingerprint density at radius 2 is 2.15 bits per heavy atom. The molecule has 1 aromatic carbocycles. The molecule has 0 saturated carbocycles. The van der Waals surface area contributed by atoms with E-state index in [0.29, 0.717) is 11.0 Å². The first-order valence-corrected chi connectivity index (χ1v) is 7.67. The van der Waals surface area contributed by atoms with E-state index in [2.05, 4.69) is 24.5 Å². The van der Waals surface area contributed by atoms with Crippen LogP contribution in [-0.2, 0) is 4.74 Å². The van der Waals surface area contributed by atoms with Gasteiger partial charge in [0.25, 0.3) is 0 Å². The van der Waals surface area contributed by atoms with E-state index in [4.69, 9.17) is 28.6 Å². The van der Waals surface area contributed by atoms with Crippen molar-refractivity contribution in [2.45, 2.75) is 27.2 Å². The number of nitrogens with one attached hydrogen (secondary N) is 2. The molecule has 0 spiro atoms. The number of benzene rings is 1. The third-order valence-electron chi connectivity index (χ3n) is 2.72. The summed E-state index contributed by atoms with van der Waals surface area (Å²) in [5, 5.41) is 7.66. The molecule has 0 aliphatic rings. The maximum atomic E-state index is 6.06. The molecule has 5 heteroatoms. The topological polar surface area (TPSA) is 33.3 Å². The number of thiocarbonyl (C=S) groups is 1. The lowest BCUT2D eigenvalue weighted by atomic mass is 10.2. The van der Waals surface area contributed by atoms with E-state index < -0.39 is 0 Å². The van der Waals surface area contributed by atoms with E-state index in [0.717, 1.165) is 42.5 Å². The van der Waals surface area contributed by atoms with Crippen LogP contribution in [0.5, 0.6) is 0 Å². The fourth-order valence-corrected chi connectivity index (χ4v) is 1.99. The highest BCUT2D eigenvalue weighted by molar-refractivity contribution is 7.80. The summed E-state index contributed by atoms with van der Waals surface area (Å²) >= 11 is 11.3. The molecule has 0 aliphatic heterocycles. The number of anilines is 1. The average molecular weight is 315 g/mol. The summed E-state index contributed by atoms with van der Waals surface area (Å²) in [5.74, 6) is 0.580. The Labute approximate surface area is 132 Å². The van der Waals surface area contributed by atoms with Gasteiger partial charge < -0.3 is 15.4 Å². The van der Waals surface area contributed by atoms with Crippen LogP contribution in [0.3, 0.4) is 0 Å². The van der Waals surface area contributed by atoms with Crippen molar-refractivity contribution < 1.29 is 4.74 Å². The fourth-order valence-electron chi connectivity index (χ4n) is 1.60. The molecular weight excluding hydrogens is 292 g/mol. The Hall–Kier alpha value is -0.840. The summed E-state index contributed by atoms with van der Waals surface area (Å²) in [6.07, 6.45) is 0.934. The Morgan fingerprint density at radius 3 is 2.85 bits per heavy atom. The van der Waals surface area contributed by atoms with Crippen molar-refractivity contribution in [3.63, 3.8) is 0 Å². The van der Waals surface area contributed by atoms with Crippen molar-refractivity contribution >= 4 is 34.6 Å². The Bertz CT molecular complexity index is 438. The Balaban J connectivity index is 2.22. The lowest BCUT2D eigenvalue weighted by Crippen LogP contribution is -2.30. The van der Waals surface area contributed by atoms with Crippen molar-refractivity contribution in [1.82, 2.24) is 5.32 Å². The van der Waals surface area contributed by atoms with Crippen molar-refractivity contribution in [3.05, 3.63) is 28.8 Å². The van der Waals surface area contributed by atoms with E-state index in [9.17, 15) is 0 Å². The molecule has 0 heterocycles. The second-order valence-electron chi connectivity index (χ2n) is 5.12. The minimum atomic E-state index is 0.580. The predicted octanol–water partition coefficient (Wildman–Crippen LogP) is 4.00. The van der Waals surface area contributed by atoms with E-state index >= 15 is 0 Å². The Morgan fingerprint density at radius 1 is 1.40 bits per heavy atom. The van der Waals surface area contributed by atoms with Gasteiger partial charge in [0.05, 0.1) is 0 Å². The van der Waals surface area contributed by atoms with Crippen LogP contribution in [-0.4, -0.2) is 24.9 Å². The van der Waals surface area contributed by atoms with Crippen LogP contribution in [0.25, 0.3) is 0 Å². The number of hydrogen-bond acceptors (Lipinski definition) is 2. The molecule has 0 unspecified atom stereocenters. The van der Waals surface area contributed by atoms with Crippen LogP contribution >= 0.6 is 23.8 Å². The van der Waals surface area contributed by atoms with Gasteiger partial charge in [0, 0.05) is 30.5 Å². The SMILES string of the molecule is Cc1c(Cl)cccc1NC(=S)NCCCOCC(C)C. The molecule has 0 atom stereocenters. The van der Waals surface area contributed by atoms with Crippen molar-refractivity contribution in [3.8, 4) is 0 Å². The number of hydrogen-bond donors (Lipinski definition) is 2. The van der Waals surface area contributed by atoms with Gasteiger partial charge in [-0.25, -0.2) is 0 Å². The molecule has 1 aromatic rings. The van der Waals surface area contributed by atoms with Crippen LogP contribution in [0.2, 0.25) is 5.02 Å². The first-order chi connectivity index (χ1) is 9.50. The molecule has 0 saturated heterocycles. The zero-order chi connectivity index (χ0) is 15.0. The summed E-state index contributed by atoms with van der Waals surface area (Å²) < 4.78 is 5.51. The van der Waals surface area contributed by atoms with Crippen molar-refractivity contribution in [1.29, 1.82) is 0 Å². The van der Waals surface area contributed by atoms with Gasteiger partial charge >= 0.3 is 0 Å².